The molecule has 0 aliphatic heterocycles. The van der Waals surface area contributed by atoms with Crippen LogP contribution in [0.2, 0.25) is 0 Å². The summed E-state index contributed by atoms with van der Waals surface area (Å²) >= 11 is 0. The van der Waals surface area contributed by atoms with E-state index < -0.39 is 17.4 Å². The molecule has 0 saturated heterocycles. The number of carbonyl (C=O) groups excluding carboxylic acids is 2. The van der Waals surface area contributed by atoms with Crippen LogP contribution < -0.4 is 0 Å². The molecule has 0 fully saturated rings. The first-order valence-corrected chi connectivity index (χ1v) is 19.3. The van der Waals surface area contributed by atoms with Crippen molar-refractivity contribution in [2.75, 3.05) is 13.2 Å². The van der Waals surface area contributed by atoms with Crippen molar-refractivity contribution in [2.45, 2.75) is 83.0 Å². The molecule has 0 radical (unpaired) electrons. The van der Waals surface area contributed by atoms with Crippen molar-refractivity contribution < 1.29 is 23.5 Å². The first kappa shape index (κ1) is 37.0. The Bertz CT molecular complexity index is 2330. The SMILES string of the molecule is C=CC(=O)OCCCCCC1(CCCCCOC(=O)C=C)c2cc(F)ccc2-c2ccc(-c3ccc4ccc5cc(C(C)(C)C)cc6ccc3c4c56)cc21. The lowest BCUT2D eigenvalue weighted by Crippen LogP contribution is -2.26. The van der Waals surface area contributed by atoms with Gasteiger partial charge in [0, 0.05) is 17.6 Å². The van der Waals surface area contributed by atoms with E-state index in [1.807, 2.05) is 6.07 Å². The van der Waals surface area contributed by atoms with Gasteiger partial charge in [-0.15, -0.1) is 0 Å². The molecule has 0 bridgehead atoms. The minimum Gasteiger partial charge on any atom is -0.463 e. The summed E-state index contributed by atoms with van der Waals surface area (Å²) in [6.07, 6.45) is 9.04. The highest BCUT2D eigenvalue weighted by molar-refractivity contribution is 6.25. The van der Waals surface area contributed by atoms with Gasteiger partial charge in [0.25, 0.3) is 0 Å². The van der Waals surface area contributed by atoms with Crippen LogP contribution in [0.5, 0.6) is 0 Å². The molecule has 0 aromatic heterocycles. The number of esters is 2. The van der Waals surface area contributed by atoms with Crippen LogP contribution >= 0.6 is 0 Å². The van der Waals surface area contributed by atoms with Gasteiger partial charge in [0.05, 0.1) is 13.2 Å². The largest absolute Gasteiger partial charge is 0.463 e. The molecule has 6 aromatic rings. The fourth-order valence-electron chi connectivity index (χ4n) is 8.68. The molecule has 1 aliphatic rings. The van der Waals surface area contributed by atoms with Crippen molar-refractivity contribution in [3.8, 4) is 22.3 Å². The number of hydrogen-bond acceptors (Lipinski definition) is 4. The lowest BCUT2D eigenvalue weighted by molar-refractivity contribution is -0.138. The average Bonchev–Trinajstić information content (AvgIpc) is 3.43. The third-order valence-corrected chi connectivity index (χ3v) is 11.4. The maximum Gasteiger partial charge on any atom is 0.330 e. The summed E-state index contributed by atoms with van der Waals surface area (Å²) < 4.78 is 25.7. The number of benzene rings is 6. The van der Waals surface area contributed by atoms with Crippen LogP contribution in [0.4, 0.5) is 4.39 Å². The van der Waals surface area contributed by atoms with Crippen molar-refractivity contribution in [3.05, 3.63) is 133 Å². The quantitative estimate of drug-likeness (QED) is 0.0459. The number of hydrogen-bond donors (Lipinski definition) is 0. The van der Waals surface area contributed by atoms with Gasteiger partial charge >= 0.3 is 11.9 Å². The Balaban J connectivity index is 1.29. The van der Waals surface area contributed by atoms with Gasteiger partial charge in [0.2, 0.25) is 0 Å². The first-order valence-electron chi connectivity index (χ1n) is 19.3. The fraction of sp³-hybridized carbons (Fsp3) is 0.306. The van der Waals surface area contributed by atoms with Crippen molar-refractivity contribution in [1.29, 1.82) is 0 Å². The van der Waals surface area contributed by atoms with E-state index in [-0.39, 0.29) is 11.2 Å². The number of fused-ring (bicyclic) bond motifs is 3. The van der Waals surface area contributed by atoms with E-state index in [4.69, 9.17) is 9.47 Å². The molecule has 0 amide bonds. The van der Waals surface area contributed by atoms with Crippen molar-refractivity contribution >= 4 is 44.3 Å². The third kappa shape index (κ3) is 7.04. The summed E-state index contributed by atoms with van der Waals surface area (Å²) in [6.45, 7) is 14.5. The van der Waals surface area contributed by atoms with E-state index in [2.05, 4.69) is 101 Å². The van der Waals surface area contributed by atoms with Crippen molar-refractivity contribution in [3.63, 3.8) is 0 Å². The number of halogens is 1. The van der Waals surface area contributed by atoms with E-state index in [0.717, 1.165) is 73.6 Å². The minimum atomic E-state index is -0.411. The molecular formula is C49H49FO4. The highest BCUT2D eigenvalue weighted by atomic mass is 19.1. The molecule has 0 saturated carbocycles. The van der Waals surface area contributed by atoms with Gasteiger partial charge in [-0.2, -0.15) is 0 Å². The molecule has 4 nitrogen and oxygen atoms in total. The van der Waals surface area contributed by atoms with Crippen LogP contribution in [0.25, 0.3) is 54.6 Å². The van der Waals surface area contributed by atoms with E-state index >= 15 is 4.39 Å². The summed E-state index contributed by atoms with van der Waals surface area (Å²) in [5.41, 5.74) is 7.80. The molecule has 276 valence electrons. The molecule has 54 heavy (non-hydrogen) atoms. The molecule has 0 N–H and O–H groups in total. The highest BCUT2D eigenvalue weighted by Crippen LogP contribution is 2.55. The maximum absolute atomic E-state index is 15.2. The fourth-order valence-corrected chi connectivity index (χ4v) is 8.68. The van der Waals surface area contributed by atoms with Crippen molar-refractivity contribution in [2.24, 2.45) is 0 Å². The van der Waals surface area contributed by atoms with Crippen LogP contribution in [-0.2, 0) is 29.9 Å². The zero-order valence-electron chi connectivity index (χ0n) is 31.7. The Hall–Kier alpha value is -5.29. The van der Waals surface area contributed by atoms with Gasteiger partial charge in [-0.1, -0.05) is 126 Å². The molecular weight excluding hydrogens is 672 g/mol. The Morgan fingerprint density at radius 1 is 0.630 bits per heavy atom. The Morgan fingerprint density at radius 2 is 1.17 bits per heavy atom. The second-order valence-corrected chi connectivity index (χ2v) is 15.8. The molecule has 0 atom stereocenters. The number of rotatable bonds is 15. The smallest absolute Gasteiger partial charge is 0.330 e. The van der Waals surface area contributed by atoms with Gasteiger partial charge in [0.15, 0.2) is 0 Å². The highest BCUT2D eigenvalue weighted by Gasteiger charge is 2.42. The Labute approximate surface area is 318 Å². The number of unbranched alkanes of at least 4 members (excludes halogenated alkanes) is 4. The van der Waals surface area contributed by atoms with Gasteiger partial charge in [-0.25, -0.2) is 14.0 Å². The first-order chi connectivity index (χ1) is 26.0. The maximum atomic E-state index is 15.2. The number of carbonyl (C=O) groups is 2. The van der Waals surface area contributed by atoms with Crippen LogP contribution in [0.15, 0.2) is 110 Å². The normalized spacial score (nSPS) is 13.3. The second kappa shape index (κ2) is 15.2. The van der Waals surface area contributed by atoms with Crippen molar-refractivity contribution in [1.82, 2.24) is 0 Å². The van der Waals surface area contributed by atoms with Crippen LogP contribution in [0.3, 0.4) is 0 Å². The predicted molar refractivity (Wildman–Crippen MR) is 220 cm³/mol. The minimum absolute atomic E-state index is 0.0453. The zero-order valence-corrected chi connectivity index (χ0v) is 31.7. The molecule has 0 unspecified atom stereocenters. The van der Waals surface area contributed by atoms with Crippen LogP contribution in [0, 0.1) is 5.82 Å². The monoisotopic (exact) mass is 720 g/mol. The summed E-state index contributed by atoms with van der Waals surface area (Å²) in [5.74, 6) is -1.05. The lowest BCUT2D eigenvalue weighted by atomic mass is 9.70. The molecule has 0 spiro atoms. The molecule has 6 aromatic carbocycles. The second-order valence-electron chi connectivity index (χ2n) is 15.8. The van der Waals surface area contributed by atoms with Gasteiger partial charge < -0.3 is 9.47 Å². The Morgan fingerprint density at radius 3 is 1.78 bits per heavy atom. The summed E-state index contributed by atoms with van der Waals surface area (Å²) in [5, 5.41) is 7.56. The standard InChI is InChI=1S/C49H49FO4/c1-6-44(51)53-26-12-8-10-24-49(25-11-9-13-27-54-45(52)7-2)42-30-33(17-21-39(42)40-23-19-37(50)31-43(40)49)38-20-16-32-14-15-34-28-36(48(3,4)5)29-35-18-22-41(38)47(32)46(34)35/h6-7,14-23,28-31H,1-2,8-13,24-27H2,3-5H3. The number of ether oxygens (including phenoxy) is 2. The van der Waals surface area contributed by atoms with Crippen LogP contribution in [-0.4, -0.2) is 25.2 Å². The molecule has 7 rings (SSSR count). The van der Waals surface area contributed by atoms with E-state index in [1.54, 1.807) is 12.1 Å². The van der Waals surface area contributed by atoms with E-state index in [0.29, 0.717) is 13.2 Å². The molecule has 1 aliphatic carbocycles. The van der Waals surface area contributed by atoms with Crippen LogP contribution in [0.1, 0.15) is 88.8 Å². The summed E-state index contributed by atoms with van der Waals surface area (Å²) in [7, 11) is 0. The Kier molecular flexibility index (Phi) is 10.4. The zero-order chi connectivity index (χ0) is 38.0. The molecule has 0 heterocycles. The average molecular weight is 721 g/mol. The topological polar surface area (TPSA) is 52.6 Å². The lowest BCUT2D eigenvalue weighted by Gasteiger charge is -2.33. The predicted octanol–water partition coefficient (Wildman–Crippen LogP) is 12.5. The molecule has 5 heteroatoms. The summed E-state index contributed by atoms with van der Waals surface area (Å²) in [4.78, 5) is 23.3. The van der Waals surface area contributed by atoms with Gasteiger partial charge in [-0.05, 0) is 121 Å². The summed E-state index contributed by atoms with van der Waals surface area (Å²) in [6, 6.07) is 30.4. The third-order valence-electron chi connectivity index (χ3n) is 11.4. The van der Waals surface area contributed by atoms with Gasteiger partial charge in [0.1, 0.15) is 5.82 Å². The van der Waals surface area contributed by atoms with E-state index in [9.17, 15) is 9.59 Å². The van der Waals surface area contributed by atoms with E-state index in [1.165, 1.54) is 61.2 Å². The van der Waals surface area contributed by atoms with Gasteiger partial charge in [-0.3, -0.25) is 0 Å².